The van der Waals surface area contributed by atoms with Gasteiger partial charge in [0.25, 0.3) is 0 Å². The first-order chi connectivity index (χ1) is 7.09. The van der Waals surface area contributed by atoms with Crippen LogP contribution in [0.15, 0.2) is 23.3 Å². The maximum absolute atomic E-state index is 2.42. The van der Waals surface area contributed by atoms with Crippen molar-refractivity contribution in [2.75, 3.05) is 0 Å². The first-order valence-corrected chi connectivity index (χ1v) is 6.47. The minimum absolute atomic E-state index is 0.828. The van der Waals surface area contributed by atoms with E-state index in [2.05, 4.69) is 39.8 Å². The molecule has 0 N–H and O–H groups in total. The van der Waals surface area contributed by atoms with Gasteiger partial charge in [-0.3, -0.25) is 0 Å². The predicted octanol–water partition coefficient (Wildman–Crippen LogP) is 4.58. The average Bonchev–Trinajstić information content (AvgIpc) is 2.17. The van der Waals surface area contributed by atoms with Crippen LogP contribution in [0.5, 0.6) is 0 Å². The molecule has 1 fully saturated rings. The summed E-state index contributed by atoms with van der Waals surface area (Å²) < 4.78 is 0. The van der Waals surface area contributed by atoms with Crippen LogP contribution in [0.3, 0.4) is 0 Å². The monoisotopic (exact) mass is 204 g/mol. The molecule has 1 saturated carbocycles. The number of hydrogen-bond donors (Lipinski definition) is 0. The maximum Gasteiger partial charge on any atom is -0.0129 e. The minimum atomic E-state index is 0.828. The van der Waals surface area contributed by atoms with Crippen molar-refractivity contribution in [3.05, 3.63) is 23.3 Å². The van der Waals surface area contributed by atoms with Crippen molar-refractivity contribution in [1.29, 1.82) is 0 Å². The molecule has 0 aromatic carbocycles. The van der Waals surface area contributed by atoms with Crippen LogP contribution in [0, 0.1) is 23.7 Å². The Morgan fingerprint density at radius 1 is 1.20 bits per heavy atom. The summed E-state index contributed by atoms with van der Waals surface area (Å²) in [5.41, 5.74) is 3.31. The van der Waals surface area contributed by atoms with E-state index in [1.807, 2.05) is 0 Å². The normalized spacial score (nSPS) is 35.9. The Kier molecular flexibility index (Phi) is 3.04. The second kappa shape index (κ2) is 4.15. The van der Waals surface area contributed by atoms with Gasteiger partial charge in [-0.2, -0.15) is 0 Å². The van der Waals surface area contributed by atoms with Crippen LogP contribution in [0.25, 0.3) is 0 Å². The van der Waals surface area contributed by atoms with E-state index in [4.69, 9.17) is 0 Å². The van der Waals surface area contributed by atoms with Crippen LogP contribution in [-0.4, -0.2) is 0 Å². The van der Waals surface area contributed by atoms with Crippen molar-refractivity contribution in [2.24, 2.45) is 23.7 Å². The summed E-state index contributed by atoms with van der Waals surface area (Å²) in [6.45, 7) is 9.48. The highest BCUT2D eigenvalue weighted by Gasteiger charge is 2.35. The molecule has 15 heavy (non-hydrogen) atoms. The van der Waals surface area contributed by atoms with Crippen molar-refractivity contribution in [1.82, 2.24) is 0 Å². The maximum atomic E-state index is 2.42. The van der Waals surface area contributed by atoms with Crippen LogP contribution in [0.4, 0.5) is 0 Å². The zero-order valence-electron chi connectivity index (χ0n) is 10.6. The second-order valence-corrected chi connectivity index (χ2v) is 5.88. The van der Waals surface area contributed by atoms with Gasteiger partial charge in [0.2, 0.25) is 0 Å². The lowest BCUT2D eigenvalue weighted by Gasteiger charge is -2.41. The number of rotatable bonds is 1. The molecule has 0 aromatic rings. The lowest BCUT2D eigenvalue weighted by atomic mass is 9.64. The highest BCUT2D eigenvalue weighted by Crippen LogP contribution is 2.46. The third-order valence-corrected chi connectivity index (χ3v) is 4.41. The van der Waals surface area contributed by atoms with Crippen LogP contribution in [0.1, 0.15) is 47.0 Å². The van der Waals surface area contributed by atoms with Gasteiger partial charge in [-0.15, -0.1) is 0 Å². The molecule has 0 heteroatoms. The fraction of sp³-hybridized carbons (Fsp3) is 0.733. The standard InChI is InChI=1S/C15H24/c1-10(2)13-8-6-12(4)14-7-5-11(3)9-15(13)14/h5,7,10,12-13,15H,6,8-9H2,1-4H3. The molecule has 0 radical (unpaired) electrons. The summed E-state index contributed by atoms with van der Waals surface area (Å²) in [6, 6.07) is 0. The first kappa shape index (κ1) is 11.0. The van der Waals surface area contributed by atoms with E-state index in [0.717, 1.165) is 23.7 Å². The van der Waals surface area contributed by atoms with Crippen LogP contribution < -0.4 is 0 Å². The molecule has 2 aliphatic carbocycles. The van der Waals surface area contributed by atoms with Crippen LogP contribution in [-0.2, 0) is 0 Å². The second-order valence-electron chi connectivity index (χ2n) is 5.88. The van der Waals surface area contributed by atoms with Crippen molar-refractivity contribution >= 4 is 0 Å². The molecule has 0 heterocycles. The van der Waals surface area contributed by atoms with E-state index in [9.17, 15) is 0 Å². The topological polar surface area (TPSA) is 0 Å². The highest BCUT2D eigenvalue weighted by molar-refractivity contribution is 5.29. The van der Waals surface area contributed by atoms with E-state index in [1.165, 1.54) is 19.3 Å². The largest absolute Gasteiger partial charge is 0.0727 e. The molecule has 2 rings (SSSR count). The van der Waals surface area contributed by atoms with Crippen molar-refractivity contribution in [3.8, 4) is 0 Å². The Balaban J connectivity index is 2.25. The van der Waals surface area contributed by atoms with Gasteiger partial charge in [0.15, 0.2) is 0 Å². The first-order valence-electron chi connectivity index (χ1n) is 6.47. The van der Waals surface area contributed by atoms with Gasteiger partial charge in [-0.25, -0.2) is 0 Å². The van der Waals surface area contributed by atoms with Gasteiger partial charge in [-0.1, -0.05) is 44.1 Å². The van der Waals surface area contributed by atoms with E-state index < -0.39 is 0 Å². The van der Waals surface area contributed by atoms with Gasteiger partial charge in [-0.05, 0) is 49.9 Å². The molecular weight excluding hydrogens is 180 g/mol. The van der Waals surface area contributed by atoms with Crippen LogP contribution in [0.2, 0.25) is 0 Å². The summed E-state index contributed by atoms with van der Waals surface area (Å²) in [7, 11) is 0. The summed E-state index contributed by atoms with van der Waals surface area (Å²) >= 11 is 0. The average molecular weight is 204 g/mol. The molecule has 0 nitrogen and oxygen atoms in total. The Labute approximate surface area is 94.5 Å². The lowest BCUT2D eigenvalue weighted by molar-refractivity contribution is 0.202. The Morgan fingerprint density at radius 2 is 1.93 bits per heavy atom. The molecule has 0 spiro atoms. The van der Waals surface area contributed by atoms with Crippen molar-refractivity contribution in [2.45, 2.75) is 47.0 Å². The predicted molar refractivity (Wildman–Crippen MR) is 66.7 cm³/mol. The summed E-state index contributed by atoms with van der Waals surface area (Å²) in [5.74, 6) is 3.46. The fourth-order valence-electron chi connectivity index (χ4n) is 3.43. The van der Waals surface area contributed by atoms with Crippen molar-refractivity contribution in [3.63, 3.8) is 0 Å². The molecule has 2 aliphatic rings. The number of hydrogen-bond acceptors (Lipinski definition) is 0. The molecule has 0 amide bonds. The summed E-state index contributed by atoms with van der Waals surface area (Å²) in [5, 5.41) is 0. The van der Waals surface area contributed by atoms with E-state index in [0.29, 0.717) is 0 Å². The quantitative estimate of drug-likeness (QED) is 0.586. The molecule has 0 aliphatic heterocycles. The van der Waals surface area contributed by atoms with E-state index >= 15 is 0 Å². The molecular formula is C15H24. The van der Waals surface area contributed by atoms with E-state index in [-0.39, 0.29) is 0 Å². The summed E-state index contributed by atoms with van der Waals surface area (Å²) in [4.78, 5) is 0. The molecule has 84 valence electrons. The Hall–Kier alpha value is -0.520. The third-order valence-electron chi connectivity index (χ3n) is 4.41. The minimum Gasteiger partial charge on any atom is -0.0727 e. The van der Waals surface area contributed by atoms with Gasteiger partial charge >= 0.3 is 0 Å². The zero-order chi connectivity index (χ0) is 11.0. The SMILES string of the molecule is CC1=CC=C2C(C)CCC(C(C)C)C2C1. The van der Waals surface area contributed by atoms with Gasteiger partial charge in [0.05, 0.1) is 0 Å². The van der Waals surface area contributed by atoms with Crippen molar-refractivity contribution < 1.29 is 0 Å². The van der Waals surface area contributed by atoms with Gasteiger partial charge in [0, 0.05) is 0 Å². The molecule has 3 atom stereocenters. The van der Waals surface area contributed by atoms with Gasteiger partial charge in [0.1, 0.15) is 0 Å². The number of allylic oxidation sites excluding steroid dienone is 4. The highest BCUT2D eigenvalue weighted by atomic mass is 14.4. The van der Waals surface area contributed by atoms with Crippen LogP contribution >= 0.6 is 0 Å². The number of fused-ring (bicyclic) bond motifs is 1. The Bertz CT molecular complexity index is 293. The fourth-order valence-corrected chi connectivity index (χ4v) is 3.43. The molecule has 3 unspecified atom stereocenters. The molecule has 0 bridgehead atoms. The van der Waals surface area contributed by atoms with Gasteiger partial charge < -0.3 is 0 Å². The third kappa shape index (κ3) is 2.04. The lowest BCUT2D eigenvalue weighted by Crippen LogP contribution is -2.31. The Morgan fingerprint density at radius 3 is 2.60 bits per heavy atom. The molecule has 0 aromatic heterocycles. The zero-order valence-corrected chi connectivity index (χ0v) is 10.6. The molecule has 0 saturated heterocycles. The smallest absolute Gasteiger partial charge is 0.0129 e. The summed E-state index contributed by atoms with van der Waals surface area (Å²) in [6.07, 6.45) is 8.92. The van der Waals surface area contributed by atoms with E-state index in [1.54, 1.807) is 11.1 Å².